The molecule has 0 aliphatic heterocycles. The number of phenols is 1. The lowest BCUT2D eigenvalue weighted by atomic mass is 10.1. The van der Waals surface area contributed by atoms with Crippen molar-refractivity contribution in [1.82, 2.24) is 4.98 Å². The maximum Gasteiger partial charge on any atom is 0.318 e. The Balaban J connectivity index is 1.69. The van der Waals surface area contributed by atoms with E-state index in [1.54, 1.807) is 18.2 Å². The van der Waals surface area contributed by atoms with Gasteiger partial charge in [-0.2, -0.15) is 0 Å². The van der Waals surface area contributed by atoms with Crippen LogP contribution in [0.3, 0.4) is 0 Å². The molecule has 4 rings (SSSR count). The normalized spacial score (nSPS) is 11.3. The van der Waals surface area contributed by atoms with Gasteiger partial charge < -0.3 is 9.52 Å². The number of nitro benzene ring substituents is 2. The molecule has 0 amide bonds. The molecule has 4 aromatic rings. The first-order chi connectivity index (χ1) is 14.8. The molecule has 31 heavy (non-hydrogen) atoms. The largest absolute Gasteiger partial charge is 0.502 e. The monoisotopic (exact) mass is 482 g/mol. The molecule has 0 bridgehead atoms. The third-order valence-corrected chi connectivity index (χ3v) is 4.86. The summed E-state index contributed by atoms with van der Waals surface area (Å²) in [6.07, 6.45) is 1.12. The Morgan fingerprint density at radius 3 is 2.45 bits per heavy atom. The highest BCUT2D eigenvalue weighted by molar-refractivity contribution is 9.10. The van der Waals surface area contributed by atoms with E-state index in [2.05, 4.69) is 25.9 Å². The highest BCUT2D eigenvalue weighted by atomic mass is 79.9. The number of fused-ring (bicyclic) bond motifs is 1. The van der Waals surface area contributed by atoms with Crippen LogP contribution in [0.4, 0.5) is 17.1 Å². The summed E-state index contributed by atoms with van der Waals surface area (Å²) in [4.78, 5) is 29.0. The molecule has 1 heterocycles. The molecule has 0 saturated carbocycles. The predicted molar refractivity (Wildman–Crippen MR) is 116 cm³/mol. The van der Waals surface area contributed by atoms with Gasteiger partial charge in [-0.25, -0.2) is 4.98 Å². The van der Waals surface area contributed by atoms with Gasteiger partial charge in [0, 0.05) is 27.9 Å². The number of aromatic hydroxyl groups is 1. The molecule has 0 saturated heterocycles. The lowest BCUT2D eigenvalue weighted by molar-refractivity contribution is -0.394. The number of phenolic OH excluding ortho intramolecular Hbond substituents is 1. The Bertz CT molecular complexity index is 1360. The number of aromatic nitrogens is 1. The van der Waals surface area contributed by atoms with Crippen LogP contribution in [0.5, 0.6) is 5.75 Å². The summed E-state index contributed by atoms with van der Waals surface area (Å²) in [5.74, 6) is -0.282. The van der Waals surface area contributed by atoms with Gasteiger partial charge in [-0.05, 0) is 42.5 Å². The lowest BCUT2D eigenvalue weighted by Gasteiger charge is -2.01. The summed E-state index contributed by atoms with van der Waals surface area (Å²) in [6.45, 7) is 0. The Labute approximate surface area is 181 Å². The zero-order valence-electron chi connectivity index (χ0n) is 15.4. The van der Waals surface area contributed by atoms with Crippen LogP contribution >= 0.6 is 15.9 Å². The molecule has 0 fully saturated rings. The SMILES string of the molecule is O=[N+]([O-])c1cc(C=Nc2ccc3oc(-c4ccc(Br)cc4)nc3c2)c(O)c([N+](=O)[O-])c1. The second-order valence-corrected chi connectivity index (χ2v) is 7.27. The lowest BCUT2D eigenvalue weighted by Crippen LogP contribution is -1.96. The van der Waals surface area contributed by atoms with Crippen LogP contribution in [-0.2, 0) is 0 Å². The molecular formula is C20H11BrN4O6. The van der Waals surface area contributed by atoms with Crippen molar-refractivity contribution >= 4 is 50.3 Å². The van der Waals surface area contributed by atoms with Gasteiger partial charge in [0.25, 0.3) is 5.69 Å². The van der Waals surface area contributed by atoms with Gasteiger partial charge in [0.05, 0.1) is 21.6 Å². The third-order valence-electron chi connectivity index (χ3n) is 4.33. The van der Waals surface area contributed by atoms with Crippen molar-refractivity contribution in [1.29, 1.82) is 0 Å². The first-order valence-corrected chi connectivity index (χ1v) is 9.47. The standard InChI is InChI=1S/C20H11BrN4O6/c21-13-3-1-11(2-4-13)20-23-16-8-14(5-6-18(16)31-20)22-10-12-7-15(24(27)28)9-17(19(12)26)25(29)30/h1-10,26H. The van der Waals surface area contributed by atoms with Crippen molar-refractivity contribution < 1.29 is 19.4 Å². The van der Waals surface area contributed by atoms with E-state index < -0.39 is 27.0 Å². The smallest absolute Gasteiger partial charge is 0.318 e. The summed E-state index contributed by atoms with van der Waals surface area (Å²) >= 11 is 3.37. The van der Waals surface area contributed by atoms with E-state index in [9.17, 15) is 25.3 Å². The second-order valence-electron chi connectivity index (χ2n) is 6.35. The van der Waals surface area contributed by atoms with Gasteiger partial charge in [-0.3, -0.25) is 25.2 Å². The van der Waals surface area contributed by atoms with E-state index >= 15 is 0 Å². The topological polar surface area (TPSA) is 145 Å². The van der Waals surface area contributed by atoms with Crippen LogP contribution < -0.4 is 0 Å². The van der Waals surface area contributed by atoms with Gasteiger partial charge in [-0.15, -0.1) is 0 Å². The van der Waals surface area contributed by atoms with E-state index in [0.717, 1.165) is 22.3 Å². The molecule has 154 valence electrons. The van der Waals surface area contributed by atoms with Gasteiger partial charge in [0.15, 0.2) is 5.58 Å². The summed E-state index contributed by atoms with van der Waals surface area (Å²) in [7, 11) is 0. The number of aliphatic imine (C=N–C) groups is 1. The second kappa shape index (κ2) is 7.95. The van der Waals surface area contributed by atoms with Crippen molar-refractivity contribution in [2.75, 3.05) is 0 Å². The predicted octanol–water partition coefficient (Wildman–Crippen LogP) is 5.53. The average molecular weight is 483 g/mol. The fourth-order valence-electron chi connectivity index (χ4n) is 2.82. The summed E-state index contributed by atoms with van der Waals surface area (Å²) in [5.41, 5.74) is 0.804. The number of halogens is 1. The van der Waals surface area contributed by atoms with Gasteiger partial charge in [0.1, 0.15) is 5.52 Å². The van der Waals surface area contributed by atoms with E-state index in [1.807, 2.05) is 24.3 Å². The summed E-state index contributed by atoms with van der Waals surface area (Å²) in [5, 5.41) is 32.2. The molecule has 10 nitrogen and oxygen atoms in total. The maximum absolute atomic E-state index is 11.1. The van der Waals surface area contributed by atoms with Gasteiger partial charge in [-0.1, -0.05) is 15.9 Å². The van der Waals surface area contributed by atoms with Crippen molar-refractivity contribution in [2.24, 2.45) is 4.99 Å². The van der Waals surface area contributed by atoms with Gasteiger partial charge in [0.2, 0.25) is 11.6 Å². The van der Waals surface area contributed by atoms with Crippen molar-refractivity contribution in [3.05, 3.63) is 84.9 Å². The minimum atomic E-state index is -0.898. The van der Waals surface area contributed by atoms with Crippen LogP contribution in [0.2, 0.25) is 0 Å². The molecule has 3 aromatic carbocycles. The Morgan fingerprint density at radius 2 is 1.77 bits per heavy atom. The van der Waals surface area contributed by atoms with Crippen LogP contribution in [0.1, 0.15) is 5.56 Å². The van der Waals surface area contributed by atoms with Crippen molar-refractivity contribution in [2.45, 2.75) is 0 Å². The van der Waals surface area contributed by atoms with E-state index in [-0.39, 0.29) is 5.56 Å². The third kappa shape index (κ3) is 4.12. The van der Waals surface area contributed by atoms with E-state index in [1.165, 1.54) is 0 Å². The minimum absolute atomic E-state index is 0.156. The molecule has 11 heteroatoms. The number of non-ortho nitro benzene ring substituents is 1. The minimum Gasteiger partial charge on any atom is -0.502 e. The summed E-state index contributed by atoms with van der Waals surface area (Å²) in [6, 6.07) is 14.0. The average Bonchev–Trinajstić information content (AvgIpc) is 3.16. The molecule has 0 unspecified atom stereocenters. The fraction of sp³-hybridized carbons (Fsp3) is 0. The molecule has 0 aliphatic rings. The molecule has 1 aromatic heterocycles. The van der Waals surface area contributed by atoms with Crippen LogP contribution in [-0.4, -0.2) is 26.2 Å². The Morgan fingerprint density at radius 1 is 1.03 bits per heavy atom. The number of hydrogen-bond donors (Lipinski definition) is 1. The van der Waals surface area contributed by atoms with Crippen molar-refractivity contribution in [3.63, 3.8) is 0 Å². The first-order valence-electron chi connectivity index (χ1n) is 8.68. The van der Waals surface area contributed by atoms with Crippen molar-refractivity contribution in [3.8, 4) is 17.2 Å². The summed E-state index contributed by atoms with van der Waals surface area (Å²) < 4.78 is 6.67. The van der Waals surface area contributed by atoms with E-state index in [0.29, 0.717) is 28.7 Å². The number of benzene rings is 3. The number of oxazole rings is 1. The molecular weight excluding hydrogens is 472 g/mol. The molecule has 1 N–H and O–H groups in total. The first kappa shape index (κ1) is 20.2. The number of hydrogen-bond acceptors (Lipinski definition) is 8. The highest BCUT2D eigenvalue weighted by Crippen LogP contribution is 2.34. The highest BCUT2D eigenvalue weighted by Gasteiger charge is 2.23. The maximum atomic E-state index is 11.1. The number of nitrogens with zero attached hydrogens (tertiary/aromatic N) is 4. The quantitative estimate of drug-likeness (QED) is 0.223. The zero-order chi connectivity index (χ0) is 22.1. The Kier molecular flexibility index (Phi) is 5.17. The molecule has 0 spiro atoms. The fourth-order valence-corrected chi connectivity index (χ4v) is 3.09. The molecule has 0 atom stereocenters. The zero-order valence-corrected chi connectivity index (χ0v) is 17.0. The molecule has 0 radical (unpaired) electrons. The van der Waals surface area contributed by atoms with Crippen LogP contribution in [0.15, 0.2) is 68.5 Å². The Hall–Kier alpha value is -4.12. The van der Waals surface area contributed by atoms with E-state index in [4.69, 9.17) is 4.42 Å². The molecule has 0 aliphatic carbocycles. The van der Waals surface area contributed by atoms with Gasteiger partial charge >= 0.3 is 5.69 Å². The number of nitro groups is 2. The van der Waals surface area contributed by atoms with Crippen LogP contribution in [0.25, 0.3) is 22.6 Å². The number of rotatable bonds is 5. The van der Waals surface area contributed by atoms with Crippen LogP contribution in [0, 0.1) is 20.2 Å².